The van der Waals surface area contributed by atoms with Gasteiger partial charge in [0.25, 0.3) is 0 Å². The van der Waals surface area contributed by atoms with E-state index in [-0.39, 0.29) is 0 Å². The quantitative estimate of drug-likeness (QED) is 0.560. The molecule has 4 nitrogen and oxygen atoms in total. The molecule has 0 unspecified atom stereocenters. The Morgan fingerprint density at radius 2 is 2.05 bits per heavy atom. The van der Waals surface area contributed by atoms with E-state index in [1.165, 1.54) is 6.42 Å². The van der Waals surface area contributed by atoms with Gasteiger partial charge in [0.05, 0.1) is 12.8 Å². The Bertz CT molecular complexity index is 380. The van der Waals surface area contributed by atoms with Crippen LogP contribution in [-0.2, 0) is 0 Å². The average Bonchev–Trinajstić information content (AvgIpc) is 2.39. The molecule has 0 amide bonds. The van der Waals surface area contributed by atoms with E-state index in [2.05, 4.69) is 31.1 Å². The molecule has 0 saturated heterocycles. The largest absolute Gasteiger partial charge is 0.495 e. The molecule has 0 bridgehead atoms. The number of methoxy groups -OCH3 is 1. The van der Waals surface area contributed by atoms with Gasteiger partial charge >= 0.3 is 0 Å². The molecule has 19 heavy (non-hydrogen) atoms. The monoisotopic (exact) mass is 265 g/mol. The SMILES string of the molecule is COc1cc(NCCCCN(C)C(C)C)ccc1N. The summed E-state index contributed by atoms with van der Waals surface area (Å²) in [6, 6.07) is 6.41. The van der Waals surface area contributed by atoms with Crippen molar-refractivity contribution in [1.82, 2.24) is 4.90 Å². The van der Waals surface area contributed by atoms with Crippen LogP contribution >= 0.6 is 0 Å². The van der Waals surface area contributed by atoms with Crippen LogP contribution in [0.3, 0.4) is 0 Å². The second kappa shape index (κ2) is 7.89. The Morgan fingerprint density at radius 1 is 1.32 bits per heavy atom. The zero-order valence-electron chi connectivity index (χ0n) is 12.6. The summed E-state index contributed by atoms with van der Waals surface area (Å²) < 4.78 is 5.20. The molecule has 0 radical (unpaired) electrons. The van der Waals surface area contributed by atoms with Gasteiger partial charge < -0.3 is 20.7 Å². The molecule has 0 saturated carbocycles. The van der Waals surface area contributed by atoms with E-state index < -0.39 is 0 Å². The number of unbranched alkanes of at least 4 members (excludes halogenated alkanes) is 1. The van der Waals surface area contributed by atoms with Gasteiger partial charge in [0, 0.05) is 24.3 Å². The van der Waals surface area contributed by atoms with E-state index in [1.54, 1.807) is 7.11 Å². The molecular weight excluding hydrogens is 238 g/mol. The Balaban J connectivity index is 2.26. The van der Waals surface area contributed by atoms with Gasteiger partial charge in [0.1, 0.15) is 5.75 Å². The number of nitrogens with two attached hydrogens (primary N) is 1. The van der Waals surface area contributed by atoms with Crippen molar-refractivity contribution in [2.24, 2.45) is 0 Å². The molecule has 0 heterocycles. The van der Waals surface area contributed by atoms with Crippen molar-refractivity contribution >= 4 is 11.4 Å². The van der Waals surface area contributed by atoms with Gasteiger partial charge in [-0.25, -0.2) is 0 Å². The molecule has 0 atom stereocenters. The summed E-state index contributed by atoms with van der Waals surface area (Å²) in [5, 5.41) is 3.40. The van der Waals surface area contributed by atoms with E-state index in [0.29, 0.717) is 11.7 Å². The van der Waals surface area contributed by atoms with Crippen molar-refractivity contribution in [2.45, 2.75) is 32.7 Å². The first kappa shape index (κ1) is 15.6. The lowest BCUT2D eigenvalue weighted by atomic mass is 10.2. The number of anilines is 2. The number of nitrogens with zero attached hydrogens (tertiary/aromatic N) is 1. The van der Waals surface area contributed by atoms with Crippen molar-refractivity contribution in [3.05, 3.63) is 18.2 Å². The Hall–Kier alpha value is -1.42. The second-order valence-electron chi connectivity index (χ2n) is 5.16. The van der Waals surface area contributed by atoms with Crippen LogP contribution < -0.4 is 15.8 Å². The molecule has 0 aliphatic heterocycles. The van der Waals surface area contributed by atoms with Crippen molar-refractivity contribution < 1.29 is 4.74 Å². The Kier molecular flexibility index (Phi) is 6.50. The van der Waals surface area contributed by atoms with Gasteiger partial charge in [0.2, 0.25) is 0 Å². The van der Waals surface area contributed by atoms with Crippen molar-refractivity contribution in [3.8, 4) is 5.75 Å². The molecule has 0 aliphatic rings. The first-order chi connectivity index (χ1) is 9.04. The summed E-state index contributed by atoms with van der Waals surface area (Å²) in [5.74, 6) is 0.726. The predicted molar refractivity (Wildman–Crippen MR) is 82.9 cm³/mol. The maximum Gasteiger partial charge on any atom is 0.143 e. The third-order valence-electron chi connectivity index (χ3n) is 3.38. The number of hydrogen-bond acceptors (Lipinski definition) is 4. The summed E-state index contributed by atoms with van der Waals surface area (Å²) >= 11 is 0. The number of nitrogen functional groups attached to an aromatic ring is 1. The molecule has 0 aromatic heterocycles. The minimum absolute atomic E-state index is 0.620. The molecule has 0 aliphatic carbocycles. The molecule has 1 aromatic carbocycles. The Labute approximate surface area is 116 Å². The third kappa shape index (κ3) is 5.39. The van der Waals surface area contributed by atoms with Crippen LogP contribution in [0.2, 0.25) is 0 Å². The van der Waals surface area contributed by atoms with Crippen molar-refractivity contribution in [3.63, 3.8) is 0 Å². The van der Waals surface area contributed by atoms with Crippen LogP contribution in [0.25, 0.3) is 0 Å². The van der Waals surface area contributed by atoms with Crippen LogP contribution in [0.5, 0.6) is 5.75 Å². The van der Waals surface area contributed by atoms with Crippen LogP contribution in [0, 0.1) is 0 Å². The van der Waals surface area contributed by atoms with Crippen molar-refractivity contribution in [1.29, 1.82) is 0 Å². The van der Waals surface area contributed by atoms with Gasteiger partial charge in [-0.05, 0) is 52.4 Å². The normalized spacial score (nSPS) is 11.1. The van der Waals surface area contributed by atoms with Crippen LogP contribution in [0.15, 0.2) is 18.2 Å². The highest BCUT2D eigenvalue weighted by Gasteiger charge is 2.03. The van der Waals surface area contributed by atoms with E-state index in [4.69, 9.17) is 10.5 Å². The maximum absolute atomic E-state index is 5.78. The fraction of sp³-hybridized carbons (Fsp3) is 0.600. The summed E-state index contributed by atoms with van der Waals surface area (Å²) in [7, 11) is 3.81. The lowest BCUT2D eigenvalue weighted by Gasteiger charge is -2.20. The van der Waals surface area contributed by atoms with E-state index in [9.17, 15) is 0 Å². The van der Waals surface area contributed by atoms with E-state index in [1.807, 2.05) is 18.2 Å². The van der Waals surface area contributed by atoms with E-state index in [0.717, 1.165) is 30.9 Å². The molecule has 1 aromatic rings. The number of rotatable bonds is 8. The minimum atomic E-state index is 0.620. The van der Waals surface area contributed by atoms with E-state index >= 15 is 0 Å². The summed E-state index contributed by atoms with van der Waals surface area (Å²) in [6.45, 7) is 6.56. The highest BCUT2D eigenvalue weighted by molar-refractivity contribution is 5.61. The molecule has 0 spiro atoms. The highest BCUT2D eigenvalue weighted by atomic mass is 16.5. The molecule has 0 fully saturated rings. The minimum Gasteiger partial charge on any atom is -0.495 e. The first-order valence-electron chi connectivity index (χ1n) is 6.92. The fourth-order valence-electron chi connectivity index (χ4n) is 1.80. The molecular formula is C15H27N3O. The molecule has 3 N–H and O–H groups in total. The summed E-state index contributed by atoms with van der Waals surface area (Å²) in [6.07, 6.45) is 2.36. The van der Waals surface area contributed by atoms with Crippen LogP contribution in [0.4, 0.5) is 11.4 Å². The lowest BCUT2D eigenvalue weighted by molar-refractivity contribution is 0.269. The van der Waals surface area contributed by atoms with Gasteiger partial charge in [-0.3, -0.25) is 0 Å². The fourth-order valence-corrected chi connectivity index (χ4v) is 1.80. The van der Waals surface area contributed by atoms with Gasteiger partial charge in [0.15, 0.2) is 0 Å². The zero-order valence-corrected chi connectivity index (χ0v) is 12.6. The average molecular weight is 265 g/mol. The zero-order chi connectivity index (χ0) is 14.3. The van der Waals surface area contributed by atoms with Gasteiger partial charge in [-0.15, -0.1) is 0 Å². The maximum atomic E-state index is 5.78. The van der Waals surface area contributed by atoms with Crippen LogP contribution in [-0.4, -0.2) is 38.2 Å². The second-order valence-corrected chi connectivity index (χ2v) is 5.16. The van der Waals surface area contributed by atoms with Crippen LogP contribution in [0.1, 0.15) is 26.7 Å². The summed E-state index contributed by atoms with van der Waals surface area (Å²) in [4.78, 5) is 2.37. The van der Waals surface area contributed by atoms with Crippen molar-refractivity contribution in [2.75, 3.05) is 38.3 Å². The van der Waals surface area contributed by atoms with Gasteiger partial charge in [-0.2, -0.15) is 0 Å². The number of hydrogen-bond donors (Lipinski definition) is 2. The standard InChI is InChI=1S/C15H27N3O/c1-12(2)18(3)10-6-5-9-17-13-7-8-14(16)15(11-13)19-4/h7-8,11-12,17H,5-6,9-10,16H2,1-4H3. The lowest BCUT2D eigenvalue weighted by Crippen LogP contribution is -2.27. The molecule has 108 valence electrons. The predicted octanol–water partition coefficient (Wildman–Crippen LogP) is 2.81. The molecule has 1 rings (SSSR count). The number of benzene rings is 1. The highest BCUT2D eigenvalue weighted by Crippen LogP contribution is 2.24. The smallest absolute Gasteiger partial charge is 0.143 e. The topological polar surface area (TPSA) is 50.5 Å². The Morgan fingerprint density at radius 3 is 2.68 bits per heavy atom. The summed E-state index contributed by atoms with van der Waals surface area (Å²) in [5.41, 5.74) is 7.51. The molecule has 4 heteroatoms. The number of ether oxygens (including phenoxy) is 1. The van der Waals surface area contributed by atoms with Gasteiger partial charge in [-0.1, -0.05) is 0 Å². The number of nitrogens with one attached hydrogen (secondary N) is 1. The third-order valence-corrected chi connectivity index (χ3v) is 3.38. The first-order valence-corrected chi connectivity index (χ1v) is 6.92.